The summed E-state index contributed by atoms with van der Waals surface area (Å²) < 4.78 is 0. The van der Waals surface area contributed by atoms with Crippen LogP contribution >= 0.6 is 0 Å². The molecule has 0 aliphatic carbocycles. The normalized spacial score (nSPS) is 11.5. The van der Waals surface area contributed by atoms with Crippen molar-refractivity contribution in [3.05, 3.63) is 0 Å². The zero-order valence-electron chi connectivity index (χ0n) is 9.19. The SMILES string of the molecule is CCC(CC)CCCNC(C)C. The third-order valence-electron chi connectivity index (χ3n) is 2.50. The average molecular weight is 171 g/mol. The van der Waals surface area contributed by atoms with Gasteiger partial charge in [-0.25, -0.2) is 0 Å². The minimum atomic E-state index is 0.645. The molecule has 0 radical (unpaired) electrons. The fourth-order valence-electron chi connectivity index (χ4n) is 1.48. The van der Waals surface area contributed by atoms with E-state index in [9.17, 15) is 0 Å². The third kappa shape index (κ3) is 6.66. The molecule has 0 amide bonds. The maximum Gasteiger partial charge on any atom is 0.00103 e. The van der Waals surface area contributed by atoms with Crippen molar-refractivity contribution in [2.45, 2.75) is 59.4 Å². The molecule has 0 heterocycles. The Balaban J connectivity index is 3.17. The summed E-state index contributed by atoms with van der Waals surface area (Å²) in [6, 6.07) is 0.645. The van der Waals surface area contributed by atoms with E-state index in [0.29, 0.717) is 6.04 Å². The van der Waals surface area contributed by atoms with Crippen molar-refractivity contribution in [2.75, 3.05) is 6.54 Å². The fraction of sp³-hybridized carbons (Fsp3) is 1.00. The van der Waals surface area contributed by atoms with Gasteiger partial charge in [0.15, 0.2) is 0 Å². The molecule has 74 valence electrons. The van der Waals surface area contributed by atoms with E-state index in [0.717, 1.165) is 5.92 Å². The Morgan fingerprint density at radius 3 is 2.08 bits per heavy atom. The van der Waals surface area contributed by atoms with E-state index in [4.69, 9.17) is 0 Å². The van der Waals surface area contributed by atoms with Crippen molar-refractivity contribution in [3.8, 4) is 0 Å². The molecule has 0 aromatic heterocycles. The highest BCUT2D eigenvalue weighted by molar-refractivity contribution is 4.58. The zero-order valence-corrected chi connectivity index (χ0v) is 9.19. The first-order chi connectivity index (χ1) is 5.70. The van der Waals surface area contributed by atoms with E-state index in [2.05, 4.69) is 33.0 Å². The molecule has 0 atom stereocenters. The molecule has 0 rings (SSSR count). The molecule has 0 unspecified atom stereocenters. The molecule has 12 heavy (non-hydrogen) atoms. The highest BCUT2D eigenvalue weighted by Gasteiger charge is 2.02. The van der Waals surface area contributed by atoms with Gasteiger partial charge in [-0.3, -0.25) is 0 Å². The molecule has 1 nitrogen and oxygen atoms in total. The van der Waals surface area contributed by atoms with Gasteiger partial charge in [0.25, 0.3) is 0 Å². The second-order valence-electron chi connectivity index (χ2n) is 3.93. The van der Waals surface area contributed by atoms with Crippen molar-refractivity contribution >= 4 is 0 Å². The lowest BCUT2D eigenvalue weighted by Gasteiger charge is -2.13. The highest BCUT2D eigenvalue weighted by Crippen LogP contribution is 2.13. The van der Waals surface area contributed by atoms with Gasteiger partial charge in [-0.05, 0) is 25.3 Å². The average Bonchev–Trinajstić information content (AvgIpc) is 2.04. The third-order valence-corrected chi connectivity index (χ3v) is 2.50. The van der Waals surface area contributed by atoms with E-state index < -0.39 is 0 Å². The molecule has 0 aromatic rings. The molecule has 1 heteroatoms. The van der Waals surface area contributed by atoms with Crippen LogP contribution in [0.3, 0.4) is 0 Å². The van der Waals surface area contributed by atoms with Crippen LogP contribution in [0.1, 0.15) is 53.4 Å². The van der Waals surface area contributed by atoms with Gasteiger partial charge in [-0.1, -0.05) is 40.5 Å². The number of hydrogen-bond acceptors (Lipinski definition) is 1. The molecule has 0 bridgehead atoms. The van der Waals surface area contributed by atoms with Crippen molar-refractivity contribution in [1.82, 2.24) is 5.32 Å². The van der Waals surface area contributed by atoms with Gasteiger partial charge < -0.3 is 5.32 Å². The molecule has 0 aliphatic rings. The van der Waals surface area contributed by atoms with Gasteiger partial charge in [-0.15, -0.1) is 0 Å². The van der Waals surface area contributed by atoms with E-state index in [-0.39, 0.29) is 0 Å². The Bertz CT molecular complexity index is 85.0. The van der Waals surface area contributed by atoms with Crippen molar-refractivity contribution < 1.29 is 0 Å². The molecular formula is C11H25N. The molecule has 0 saturated heterocycles. The van der Waals surface area contributed by atoms with Crippen LogP contribution in [0.25, 0.3) is 0 Å². The fourth-order valence-corrected chi connectivity index (χ4v) is 1.48. The first kappa shape index (κ1) is 12.0. The van der Waals surface area contributed by atoms with Crippen LogP contribution in [0.4, 0.5) is 0 Å². The van der Waals surface area contributed by atoms with Crippen molar-refractivity contribution in [3.63, 3.8) is 0 Å². The second kappa shape index (κ2) is 7.60. The van der Waals surface area contributed by atoms with E-state index in [1.807, 2.05) is 0 Å². The predicted molar refractivity (Wildman–Crippen MR) is 56.4 cm³/mol. The Labute approximate surface area is 77.9 Å². The monoisotopic (exact) mass is 171 g/mol. The lowest BCUT2D eigenvalue weighted by atomic mass is 9.98. The highest BCUT2D eigenvalue weighted by atomic mass is 14.9. The topological polar surface area (TPSA) is 12.0 Å². The summed E-state index contributed by atoms with van der Waals surface area (Å²) in [6.07, 6.45) is 5.42. The first-order valence-corrected chi connectivity index (χ1v) is 5.44. The van der Waals surface area contributed by atoms with Crippen LogP contribution < -0.4 is 5.32 Å². The van der Waals surface area contributed by atoms with Gasteiger partial charge in [0.2, 0.25) is 0 Å². The molecule has 0 aliphatic heterocycles. The Morgan fingerprint density at radius 2 is 1.67 bits per heavy atom. The Kier molecular flexibility index (Phi) is 7.58. The summed E-state index contributed by atoms with van der Waals surface area (Å²) >= 11 is 0. The van der Waals surface area contributed by atoms with E-state index >= 15 is 0 Å². The summed E-state index contributed by atoms with van der Waals surface area (Å²) in [5, 5.41) is 3.45. The lowest BCUT2D eigenvalue weighted by Crippen LogP contribution is -2.23. The van der Waals surface area contributed by atoms with Gasteiger partial charge in [0.1, 0.15) is 0 Å². The van der Waals surface area contributed by atoms with Crippen molar-refractivity contribution in [1.29, 1.82) is 0 Å². The molecule has 0 saturated carbocycles. The van der Waals surface area contributed by atoms with Crippen LogP contribution in [0, 0.1) is 5.92 Å². The standard InChI is InChI=1S/C11H25N/c1-5-11(6-2)8-7-9-12-10(3)4/h10-12H,5-9H2,1-4H3. The van der Waals surface area contributed by atoms with Crippen LogP contribution in [0.2, 0.25) is 0 Å². The van der Waals surface area contributed by atoms with E-state index in [1.165, 1.54) is 32.2 Å². The van der Waals surface area contributed by atoms with E-state index in [1.54, 1.807) is 0 Å². The quantitative estimate of drug-likeness (QED) is 0.580. The molecule has 0 aromatic carbocycles. The maximum atomic E-state index is 3.45. The Hall–Kier alpha value is -0.0400. The molecule has 0 spiro atoms. The van der Waals surface area contributed by atoms with Crippen molar-refractivity contribution in [2.24, 2.45) is 5.92 Å². The molecule has 0 fully saturated rings. The first-order valence-electron chi connectivity index (χ1n) is 5.44. The minimum absolute atomic E-state index is 0.645. The summed E-state index contributed by atoms with van der Waals surface area (Å²) in [5.41, 5.74) is 0. The summed E-state index contributed by atoms with van der Waals surface area (Å²) in [5.74, 6) is 0.957. The largest absolute Gasteiger partial charge is 0.315 e. The van der Waals surface area contributed by atoms with Gasteiger partial charge in [0.05, 0.1) is 0 Å². The minimum Gasteiger partial charge on any atom is -0.315 e. The van der Waals surface area contributed by atoms with Gasteiger partial charge in [0, 0.05) is 6.04 Å². The van der Waals surface area contributed by atoms with Gasteiger partial charge >= 0.3 is 0 Å². The maximum absolute atomic E-state index is 3.45. The lowest BCUT2D eigenvalue weighted by molar-refractivity contribution is 0.426. The van der Waals surface area contributed by atoms with Crippen LogP contribution in [0.5, 0.6) is 0 Å². The molecule has 1 N–H and O–H groups in total. The van der Waals surface area contributed by atoms with Crippen LogP contribution in [-0.2, 0) is 0 Å². The zero-order chi connectivity index (χ0) is 9.40. The summed E-state index contributed by atoms with van der Waals surface area (Å²) in [4.78, 5) is 0. The number of hydrogen-bond donors (Lipinski definition) is 1. The molecular weight excluding hydrogens is 146 g/mol. The Morgan fingerprint density at radius 1 is 1.08 bits per heavy atom. The summed E-state index contributed by atoms with van der Waals surface area (Å²) in [6.45, 7) is 10.2. The van der Waals surface area contributed by atoms with Gasteiger partial charge in [-0.2, -0.15) is 0 Å². The van der Waals surface area contributed by atoms with Crippen LogP contribution in [0.15, 0.2) is 0 Å². The summed E-state index contributed by atoms with van der Waals surface area (Å²) in [7, 11) is 0. The predicted octanol–water partition coefficient (Wildman–Crippen LogP) is 3.20. The second-order valence-corrected chi connectivity index (χ2v) is 3.93. The van der Waals surface area contributed by atoms with Crippen LogP contribution in [-0.4, -0.2) is 12.6 Å². The number of rotatable bonds is 7. The number of nitrogens with one attached hydrogen (secondary N) is 1. The smallest absolute Gasteiger partial charge is 0.00103 e.